The normalized spacial score (nSPS) is 13.5. The number of aliphatic hydroxyl groups excluding tert-OH is 1. The first-order valence-corrected chi connectivity index (χ1v) is 3.87. The highest BCUT2D eigenvalue weighted by Gasteiger charge is 2.10. The van der Waals surface area contributed by atoms with Crippen LogP contribution in [0.1, 0.15) is 10.9 Å². The van der Waals surface area contributed by atoms with Gasteiger partial charge in [0.25, 0.3) is 0 Å². The van der Waals surface area contributed by atoms with E-state index in [0.29, 0.717) is 5.02 Å². The van der Waals surface area contributed by atoms with E-state index >= 15 is 0 Å². The molecule has 0 fully saturated rings. The molecule has 1 rings (SSSR count). The Morgan fingerprint density at radius 1 is 1.90 bits per heavy atom. The molecule has 56 valence electrons. The molecule has 0 aliphatic heterocycles. The van der Waals surface area contributed by atoms with Crippen LogP contribution in [-0.2, 0) is 0 Å². The van der Waals surface area contributed by atoms with Gasteiger partial charge in [-0.2, -0.15) is 4.37 Å². The van der Waals surface area contributed by atoms with Crippen LogP contribution in [0.3, 0.4) is 0 Å². The minimum Gasteiger partial charge on any atom is -0.394 e. The van der Waals surface area contributed by atoms with Crippen LogP contribution in [0.2, 0.25) is 5.02 Å². The van der Waals surface area contributed by atoms with Crippen molar-refractivity contribution in [2.75, 3.05) is 6.61 Å². The van der Waals surface area contributed by atoms with E-state index < -0.39 is 0 Å². The molecular weight excluding hydrogens is 172 g/mol. The molecule has 0 aromatic carbocycles. The van der Waals surface area contributed by atoms with Crippen LogP contribution in [-0.4, -0.2) is 16.1 Å². The van der Waals surface area contributed by atoms with E-state index in [2.05, 4.69) is 4.37 Å². The standard InChI is InChI=1S/C5H7ClN2OS/c6-3-1-8-10-5(3)4(7)2-9/h1,4,9H,2,7H2. The maximum absolute atomic E-state index is 8.63. The van der Waals surface area contributed by atoms with Crippen LogP contribution in [0.15, 0.2) is 6.20 Å². The van der Waals surface area contributed by atoms with Crippen molar-refractivity contribution in [1.82, 2.24) is 4.37 Å². The van der Waals surface area contributed by atoms with Gasteiger partial charge in [-0.25, -0.2) is 0 Å². The van der Waals surface area contributed by atoms with E-state index in [1.54, 1.807) is 0 Å². The van der Waals surface area contributed by atoms with Crippen molar-refractivity contribution in [3.63, 3.8) is 0 Å². The minimum atomic E-state index is -0.389. The molecule has 0 aliphatic rings. The molecule has 1 heterocycles. The second kappa shape index (κ2) is 3.30. The second-order valence-corrected chi connectivity index (χ2v) is 3.07. The molecular formula is C5H7ClN2OS. The van der Waals surface area contributed by atoms with Crippen molar-refractivity contribution in [3.8, 4) is 0 Å². The van der Waals surface area contributed by atoms with E-state index in [1.807, 2.05) is 0 Å². The number of aromatic nitrogens is 1. The number of hydrogen-bond acceptors (Lipinski definition) is 4. The number of nitrogens with zero attached hydrogens (tertiary/aromatic N) is 1. The highest BCUT2D eigenvalue weighted by Crippen LogP contribution is 2.24. The molecule has 0 saturated carbocycles. The van der Waals surface area contributed by atoms with Crippen LogP contribution in [0.25, 0.3) is 0 Å². The lowest BCUT2D eigenvalue weighted by atomic mass is 10.3. The maximum atomic E-state index is 8.63. The largest absolute Gasteiger partial charge is 0.394 e. The second-order valence-electron chi connectivity index (χ2n) is 1.83. The van der Waals surface area contributed by atoms with Crippen molar-refractivity contribution in [3.05, 3.63) is 16.1 Å². The summed E-state index contributed by atoms with van der Waals surface area (Å²) in [6.07, 6.45) is 1.52. The SMILES string of the molecule is NC(CO)c1sncc1Cl. The molecule has 0 aliphatic carbocycles. The van der Waals surface area contributed by atoms with E-state index in [9.17, 15) is 0 Å². The molecule has 5 heteroatoms. The highest BCUT2D eigenvalue weighted by atomic mass is 35.5. The fraction of sp³-hybridized carbons (Fsp3) is 0.400. The van der Waals surface area contributed by atoms with Crippen molar-refractivity contribution < 1.29 is 5.11 Å². The highest BCUT2D eigenvalue weighted by molar-refractivity contribution is 7.06. The Kier molecular flexibility index (Phi) is 2.62. The minimum absolute atomic E-state index is 0.0953. The molecule has 10 heavy (non-hydrogen) atoms. The molecule has 3 N–H and O–H groups in total. The summed E-state index contributed by atoms with van der Waals surface area (Å²) in [6, 6.07) is -0.389. The first-order valence-electron chi connectivity index (χ1n) is 2.72. The fourth-order valence-electron chi connectivity index (χ4n) is 0.564. The maximum Gasteiger partial charge on any atom is 0.0762 e. The summed E-state index contributed by atoms with van der Waals surface area (Å²) in [4.78, 5) is 0.740. The third-order valence-electron chi connectivity index (χ3n) is 1.09. The number of aliphatic hydroxyl groups is 1. The van der Waals surface area contributed by atoms with E-state index in [-0.39, 0.29) is 12.6 Å². The lowest BCUT2D eigenvalue weighted by Crippen LogP contribution is -2.12. The first kappa shape index (κ1) is 7.94. The molecule has 0 spiro atoms. The smallest absolute Gasteiger partial charge is 0.0762 e. The summed E-state index contributed by atoms with van der Waals surface area (Å²) >= 11 is 6.89. The van der Waals surface area contributed by atoms with Crippen molar-refractivity contribution in [2.45, 2.75) is 6.04 Å². The molecule has 0 bridgehead atoms. The molecule has 0 saturated heterocycles. The summed E-state index contributed by atoms with van der Waals surface area (Å²) in [5, 5.41) is 9.16. The zero-order valence-corrected chi connectivity index (χ0v) is 6.69. The predicted octanol–water partition coefficient (Wildman–Crippen LogP) is 0.789. The molecule has 1 aromatic rings. The summed E-state index contributed by atoms with van der Waals surface area (Å²) in [5.41, 5.74) is 5.48. The van der Waals surface area contributed by atoms with Gasteiger partial charge in [-0.05, 0) is 11.5 Å². The van der Waals surface area contributed by atoms with Crippen LogP contribution in [0, 0.1) is 0 Å². The molecule has 0 radical (unpaired) electrons. The topological polar surface area (TPSA) is 59.1 Å². The molecule has 0 amide bonds. The number of halogens is 1. The Morgan fingerprint density at radius 2 is 2.60 bits per heavy atom. The van der Waals surface area contributed by atoms with Gasteiger partial charge in [0.15, 0.2) is 0 Å². The monoisotopic (exact) mass is 178 g/mol. The van der Waals surface area contributed by atoms with Crippen molar-refractivity contribution in [1.29, 1.82) is 0 Å². The van der Waals surface area contributed by atoms with Crippen molar-refractivity contribution in [2.24, 2.45) is 5.73 Å². The summed E-state index contributed by atoms with van der Waals surface area (Å²) in [7, 11) is 0. The quantitative estimate of drug-likeness (QED) is 0.704. The lowest BCUT2D eigenvalue weighted by molar-refractivity contribution is 0.269. The van der Waals surface area contributed by atoms with E-state index in [4.69, 9.17) is 22.4 Å². The summed E-state index contributed by atoms with van der Waals surface area (Å²) in [5.74, 6) is 0. The number of rotatable bonds is 2. The van der Waals surface area contributed by atoms with E-state index in [1.165, 1.54) is 17.7 Å². The number of nitrogens with two attached hydrogens (primary N) is 1. The first-order chi connectivity index (χ1) is 4.75. The summed E-state index contributed by atoms with van der Waals surface area (Å²) in [6.45, 7) is -0.0953. The van der Waals surface area contributed by atoms with Gasteiger partial charge in [-0.15, -0.1) is 0 Å². The van der Waals surface area contributed by atoms with Gasteiger partial charge in [0.1, 0.15) is 0 Å². The van der Waals surface area contributed by atoms with Gasteiger partial charge in [0.05, 0.1) is 28.7 Å². The molecule has 1 aromatic heterocycles. The third-order valence-corrected chi connectivity index (χ3v) is 2.43. The average molecular weight is 179 g/mol. The van der Waals surface area contributed by atoms with Crippen molar-refractivity contribution >= 4 is 23.1 Å². The van der Waals surface area contributed by atoms with Gasteiger partial charge in [-0.3, -0.25) is 0 Å². The predicted molar refractivity (Wildman–Crippen MR) is 41.1 cm³/mol. The third kappa shape index (κ3) is 1.46. The van der Waals surface area contributed by atoms with Gasteiger partial charge < -0.3 is 10.8 Å². The van der Waals surface area contributed by atoms with E-state index in [0.717, 1.165) is 4.88 Å². The van der Waals surface area contributed by atoms with Crippen LogP contribution in [0.5, 0.6) is 0 Å². The number of hydrogen-bond donors (Lipinski definition) is 2. The Bertz CT molecular complexity index is 215. The fourth-order valence-corrected chi connectivity index (χ4v) is 1.54. The Hall–Kier alpha value is -0.160. The van der Waals surface area contributed by atoms with Gasteiger partial charge in [0, 0.05) is 0 Å². The lowest BCUT2D eigenvalue weighted by Gasteiger charge is -2.02. The van der Waals surface area contributed by atoms with Gasteiger partial charge in [0.2, 0.25) is 0 Å². The molecule has 1 unspecified atom stereocenters. The Labute approximate surface area is 67.6 Å². The summed E-state index contributed by atoms with van der Waals surface area (Å²) < 4.78 is 3.81. The van der Waals surface area contributed by atoms with Gasteiger partial charge in [-0.1, -0.05) is 11.6 Å². The van der Waals surface area contributed by atoms with Gasteiger partial charge >= 0.3 is 0 Å². The Morgan fingerprint density at radius 3 is 3.00 bits per heavy atom. The van der Waals surface area contributed by atoms with Crippen LogP contribution >= 0.6 is 23.1 Å². The zero-order valence-electron chi connectivity index (χ0n) is 5.12. The molecule has 1 atom stereocenters. The van der Waals surface area contributed by atoms with Crippen LogP contribution in [0.4, 0.5) is 0 Å². The molecule has 3 nitrogen and oxygen atoms in total. The average Bonchev–Trinajstić information content (AvgIpc) is 2.34. The zero-order chi connectivity index (χ0) is 7.56. The Balaban J connectivity index is 2.82. The van der Waals surface area contributed by atoms with Crippen LogP contribution < -0.4 is 5.73 Å².